The molecule has 1 saturated carbocycles. The van der Waals surface area contributed by atoms with Crippen LogP contribution in [0.4, 0.5) is 0 Å². The summed E-state index contributed by atoms with van der Waals surface area (Å²) < 4.78 is 0. The van der Waals surface area contributed by atoms with Gasteiger partial charge in [0.2, 0.25) is 0 Å². The molecule has 99 valence electrons. The summed E-state index contributed by atoms with van der Waals surface area (Å²) in [6, 6.07) is 0.732. The van der Waals surface area contributed by atoms with Crippen molar-refractivity contribution in [2.45, 2.75) is 89.3 Å². The van der Waals surface area contributed by atoms with Crippen molar-refractivity contribution < 1.29 is 0 Å². The number of hydrogen-bond acceptors (Lipinski definition) is 1. The molecular formula is C15H29N2. The van der Waals surface area contributed by atoms with Crippen LogP contribution in [-0.4, -0.2) is 23.7 Å². The first-order valence-electron chi connectivity index (χ1n) is 7.85. The van der Waals surface area contributed by atoms with E-state index in [0.717, 1.165) is 12.5 Å². The van der Waals surface area contributed by atoms with Gasteiger partial charge in [0.25, 0.3) is 0 Å². The lowest BCUT2D eigenvalue weighted by molar-refractivity contribution is 0.0929. The maximum absolute atomic E-state index is 8.35. The molecule has 0 bridgehead atoms. The maximum atomic E-state index is 8.35. The molecule has 1 heterocycles. The molecule has 2 heteroatoms. The molecule has 1 N–H and O–H groups in total. The monoisotopic (exact) mass is 237 g/mol. The Labute approximate surface area is 107 Å². The minimum atomic E-state index is 0.0970. The smallest absolute Gasteiger partial charge is 0.0731 e. The average molecular weight is 237 g/mol. The van der Waals surface area contributed by atoms with E-state index in [1.807, 2.05) is 0 Å². The first kappa shape index (κ1) is 13.4. The van der Waals surface area contributed by atoms with Gasteiger partial charge in [-0.3, -0.25) is 4.90 Å². The Morgan fingerprint density at radius 1 is 0.647 bits per heavy atom. The molecule has 2 rings (SSSR count). The van der Waals surface area contributed by atoms with Gasteiger partial charge >= 0.3 is 0 Å². The third-order valence-corrected chi connectivity index (χ3v) is 4.59. The van der Waals surface area contributed by atoms with Gasteiger partial charge in [0.1, 0.15) is 0 Å². The molecule has 1 radical (unpaired) electrons. The van der Waals surface area contributed by atoms with Gasteiger partial charge in [0, 0.05) is 6.04 Å². The van der Waals surface area contributed by atoms with E-state index in [1.165, 1.54) is 77.2 Å². The van der Waals surface area contributed by atoms with E-state index >= 15 is 0 Å². The second kappa shape index (κ2) is 7.38. The first-order valence-corrected chi connectivity index (χ1v) is 7.85. The average Bonchev–Trinajstić information content (AvgIpc) is 2.26. The Morgan fingerprint density at radius 2 is 1.18 bits per heavy atom. The highest BCUT2D eigenvalue weighted by Crippen LogP contribution is 2.25. The lowest BCUT2D eigenvalue weighted by Crippen LogP contribution is -2.45. The fourth-order valence-electron chi connectivity index (χ4n) is 3.51. The van der Waals surface area contributed by atoms with Crippen LogP contribution in [0, 0.1) is 0 Å². The predicted molar refractivity (Wildman–Crippen MR) is 72.8 cm³/mol. The number of hydrogen-bond donors (Lipinski definition) is 0. The summed E-state index contributed by atoms with van der Waals surface area (Å²) in [6.07, 6.45) is 16.3. The van der Waals surface area contributed by atoms with Gasteiger partial charge in [0.05, 0.1) is 6.17 Å². The Morgan fingerprint density at radius 3 is 1.88 bits per heavy atom. The van der Waals surface area contributed by atoms with E-state index in [4.69, 9.17) is 5.73 Å². The summed E-state index contributed by atoms with van der Waals surface area (Å²) in [5.41, 5.74) is 8.35. The normalized spacial score (nSPS) is 31.2. The van der Waals surface area contributed by atoms with Crippen molar-refractivity contribution in [3.63, 3.8) is 0 Å². The summed E-state index contributed by atoms with van der Waals surface area (Å²) in [6.45, 7) is 1.19. The molecular weight excluding hydrogens is 208 g/mol. The summed E-state index contributed by atoms with van der Waals surface area (Å²) in [5, 5.41) is 0. The maximum Gasteiger partial charge on any atom is 0.0731 e. The van der Waals surface area contributed by atoms with Gasteiger partial charge in [-0.05, 0) is 32.2 Å². The lowest BCUT2D eigenvalue weighted by Gasteiger charge is -2.38. The fraction of sp³-hybridized carbons (Fsp3) is 1.00. The van der Waals surface area contributed by atoms with E-state index in [2.05, 4.69) is 4.90 Å². The second-order valence-electron chi connectivity index (χ2n) is 5.96. The Bertz CT molecular complexity index is 197. The summed E-state index contributed by atoms with van der Waals surface area (Å²) in [7, 11) is 0. The number of nitrogens with zero attached hydrogens (tertiary/aromatic N) is 1. The molecule has 17 heavy (non-hydrogen) atoms. The van der Waals surface area contributed by atoms with Gasteiger partial charge in [-0.15, -0.1) is 0 Å². The molecule has 2 aliphatic rings. The van der Waals surface area contributed by atoms with Gasteiger partial charge in [0.15, 0.2) is 0 Å². The molecule has 1 aliphatic heterocycles. The summed E-state index contributed by atoms with van der Waals surface area (Å²) in [4.78, 5) is 2.55. The zero-order valence-electron chi connectivity index (χ0n) is 11.3. The van der Waals surface area contributed by atoms with Crippen LogP contribution in [0.1, 0.15) is 77.0 Å². The summed E-state index contributed by atoms with van der Waals surface area (Å²) >= 11 is 0. The van der Waals surface area contributed by atoms with Crippen molar-refractivity contribution in [1.82, 2.24) is 10.6 Å². The Kier molecular flexibility index (Phi) is 5.79. The zero-order chi connectivity index (χ0) is 11.9. The van der Waals surface area contributed by atoms with Crippen LogP contribution >= 0.6 is 0 Å². The van der Waals surface area contributed by atoms with E-state index in [9.17, 15) is 0 Å². The largest absolute Gasteiger partial charge is 0.284 e. The molecule has 1 saturated heterocycles. The summed E-state index contributed by atoms with van der Waals surface area (Å²) in [5.74, 6) is 0. The zero-order valence-corrected chi connectivity index (χ0v) is 11.3. The van der Waals surface area contributed by atoms with Crippen LogP contribution < -0.4 is 5.73 Å². The molecule has 1 unspecified atom stereocenters. The number of likely N-dealkylation sites (tertiary alicyclic amines) is 1. The van der Waals surface area contributed by atoms with E-state index in [0.29, 0.717) is 0 Å². The van der Waals surface area contributed by atoms with Crippen LogP contribution in [0.25, 0.3) is 0 Å². The Hall–Kier alpha value is -0.0800. The molecule has 0 aromatic heterocycles. The SMILES string of the molecule is [NH]C1CCCCCCN1C1CCCCCCC1. The van der Waals surface area contributed by atoms with E-state index in [1.54, 1.807) is 0 Å². The van der Waals surface area contributed by atoms with E-state index in [-0.39, 0.29) is 6.17 Å². The van der Waals surface area contributed by atoms with E-state index < -0.39 is 0 Å². The van der Waals surface area contributed by atoms with Crippen molar-refractivity contribution in [1.29, 1.82) is 0 Å². The van der Waals surface area contributed by atoms with Gasteiger partial charge < -0.3 is 0 Å². The molecule has 0 amide bonds. The van der Waals surface area contributed by atoms with Crippen molar-refractivity contribution in [2.75, 3.05) is 6.54 Å². The van der Waals surface area contributed by atoms with Gasteiger partial charge in [-0.1, -0.05) is 51.4 Å². The molecule has 0 aromatic rings. The topological polar surface area (TPSA) is 27.0 Å². The minimum Gasteiger partial charge on any atom is -0.284 e. The van der Waals surface area contributed by atoms with Crippen molar-refractivity contribution in [2.24, 2.45) is 0 Å². The lowest BCUT2D eigenvalue weighted by atomic mass is 9.94. The third-order valence-electron chi connectivity index (χ3n) is 4.59. The molecule has 0 aromatic carbocycles. The van der Waals surface area contributed by atoms with Crippen LogP contribution in [0.2, 0.25) is 0 Å². The predicted octanol–water partition coefficient (Wildman–Crippen LogP) is 3.97. The van der Waals surface area contributed by atoms with Crippen molar-refractivity contribution >= 4 is 0 Å². The van der Waals surface area contributed by atoms with Crippen molar-refractivity contribution in [3.8, 4) is 0 Å². The number of rotatable bonds is 1. The highest BCUT2D eigenvalue weighted by molar-refractivity contribution is 4.78. The molecule has 0 spiro atoms. The molecule has 1 atom stereocenters. The van der Waals surface area contributed by atoms with Gasteiger partial charge in [-0.25, -0.2) is 5.73 Å². The van der Waals surface area contributed by atoms with Crippen LogP contribution in [0.3, 0.4) is 0 Å². The van der Waals surface area contributed by atoms with Crippen LogP contribution in [0.15, 0.2) is 0 Å². The second-order valence-corrected chi connectivity index (χ2v) is 5.96. The highest BCUT2D eigenvalue weighted by Gasteiger charge is 2.25. The minimum absolute atomic E-state index is 0.0970. The third kappa shape index (κ3) is 4.26. The molecule has 2 nitrogen and oxygen atoms in total. The molecule has 2 fully saturated rings. The highest BCUT2D eigenvalue weighted by atomic mass is 15.2. The number of nitrogens with one attached hydrogen (secondary N) is 1. The first-order chi connectivity index (χ1) is 8.38. The van der Waals surface area contributed by atoms with Gasteiger partial charge in [-0.2, -0.15) is 0 Å². The molecule has 1 aliphatic carbocycles. The van der Waals surface area contributed by atoms with Crippen LogP contribution in [0.5, 0.6) is 0 Å². The standard InChI is InChI=1S/C15H29N2/c16-15-12-8-4-5-9-13-17(15)14-10-6-2-1-3-7-11-14/h14-16H,1-13H2. The fourth-order valence-corrected chi connectivity index (χ4v) is 3.51. The quantitative estimate of drug-likeness (QED) is 0.678. The van der Waals surface area contributed by atoms with Crippen LogP contribution in [-0.2, 0) is 0 Å². The van der Waals surface area contributed by atoms with Crippen molar-refractivity contribution in [3.05, 3.63) is 0 Å². The Balaban J connectivity index is 1.90.